The summed E-state index contributed by atoms with van der Waals surface area (Å²) in [7, 11) is 0. The van der Waals surface area contributed by atoms with E-state index in [9.17, 15) is 14.9 Å². The summed E-state index contributed by atoms with van der Waals surface area (Å²) in [6, 6.07) is 10.3. The number of rotatable bonds is 4. The van der Waals surface area contributed by atoms with Gasteiger partial charge in [-0.2, -0.15) is 5.26 Å². The maximum Gasteiger partial charge on any atom is 0.269 e. The third-order valence-corrected chi connectivity index (χ3v) is 2.53. The van der Waals surface area contributed by atoms with Crippen molar-refractivity contribution in [1.82, 2.24) is 0 Å². The maximum absolute atomic E-state index is 11.9. The van der Waals surface area contributed by atoms with Gasteiger partial charge in [-0.1, -0.05) is 0 Å². The number of carbonyl (C=O) groups excluding carboxylic acids is 1. The second-order valence-electron chi connectivity index (χ2n) is 3.94. The Kier molecular flexibility index (Phi) is 4.11. The fourth-order valence-electron chi connectivity index (χ4n) is 1.53. The van der Waals surface area contributed by atoms with Crippen LogP contribution >= 0.6 is 0 Å². The normalized spacial score (nSPS) is 10.7. The molecule has 0 radical (unpaired) electrons. The average Bonchev–Trinajstić information content (AvgIpc) is 2.98. The van der Waals surface area contributed by atoms with Gasteiger partial charge in [0, 0.05) is 23.9 Å². The molecule has 1 aromatic carbocycles. The molecule has 1 heterocycles. The number of nitrogens with one attached hydrogen (secondary N) is 1. The molecular formula is C14H9N3O4. The topological polar surface area (TPSA) is 109 Å². The van der Waals surface area contributed by atoms with Crippen molar-refractivity contribution in [3.63, 3.8) is 0 Å². The first-order valence-corrected chi connectivity index (χ1v) is 5.81. The van der Waals surface area contributed by atoms with Crippen molar-refractivity contribution in [1.29, 1.82) is 5.26 Å². The second-order valence-corrected chi connectivity index (χ2v) is 3.94. The van der Waals surface area contributed by atoms with Crippen molar-refractivity contribution in [3.05, 3.63) is 64.1 Å². The van der Waals surface area contributed by atoms with Crippen LogP contribution in [0.15, 0.2) is 52.7 Å². The number of nitro benzene ring substituents is 1. The lowest BCUT2D eigenvalue weighted by Gasteiger charge is -2.03. The standard InChI is InChI=1S/C14H9N3O4/c15-9-10(8-13-2-1-7-21-13)14(18)16-11-3-5-12(6-4-11)17(19)20/h1-8H,(H,16,18)/b10-8+. The van der Waals surface area contributed by atoms with Crippen LogP contribution < -0.4 is 5.32 Å². The molecule has 1 N–H and O–H groups in total. The van der Waals surface area contributed by atoms with Crippen LogP contribution in [0.2, 0.25) is 0 Å². The minimum absolute atomic E-state index is 0.0837. The molecule has 0 bridgehead atoms. The molecule has 7 heteroatoms. The first-order chi connectivity index (χ1) is 10.1. The number of nitro groups is 1. The number of hydrogen-bond donors (Lipinski definition) is 1. The molecule has 0 aliphatic carbocycles. The van der Waals surface area contributed by atoms with Crippen LogP contribution in [0.5, 0.6) is 0 Å². The molecule has 21 heavy (non-hydrogen) atoms. The molecule has 0 fully saturated rings. The van der Waals surface area contributed by atoms with E-state index in [0.29, 0.717) is 11.4 Å². The van der Waals surface area contributed by atoms with Gasteiger partial charge < -0.3 is 9.73 Å². The predicted octanol–water partition coefficient (Wildman–Crippen LogP) is 2.73. The van der Waals surface area contributed by atoms with Crippen molar-refractivity contribution in [2.75, 3.05) is 5.32 Å². The smallest absolute Gasteiger partial charge is 0.269 e. The van der Waals surface area contributed by atoms with Crippen molar-refractivity contribution in [3.8, 4) is 6.07 Å². The minimum atomic E-state index is -0.622. The Balaban J connectivity index is 2.13. The molecule has 2 aromatic rings. The highest BCUT2D eigenvalue weighted by molar-refractivity contribution is 6.09. The van der Waals surface area contributed by atoms with E-state index in [-0.39, 0.29) is 11.3 Å². The number of nitriles is 1. The Morgan fingerprint density at radius 3 is 2.57 bits per heavy atom. The zero-order chi connectivity index (χ0) is 15.2. The van der Waals surface area contributed by atoms with Gasteiger partial charge in [0.25, 0.3) is 11.6 Å². The highest BCUT2D eigenvalue weighted by atomic mass is 16.6. The van der Waals surface area contributed by atoms with Crippen molar-refractivity contribution < 1.29 is 14.1 Å². The summed E-state index contributed by atoms with van der Waals surface area (Å²) < 4.78 is 5.03. The number of nitrogens with zero attached hydrogens (tertiary/aromatic N) is 2. The van der Waals surface area contributed by atoms with Crippen molar-refractivity contribution in [2.24, 2.45) is 0 Å². The molecule has 0 aliphatic heterocycles. The number of furan rings is 1. The van der Waals surface area contributed by atoms with Gasteiger partial charge in [0.05, 0.1) is 11.2 Å². The van der Waals surface area contributed by atoms with Gasteiger partial charge in [0.2, 0.25) is 0 Å². The van der Waals surface area contributed by atoms with E-state index in [2.05, 4.69) is 5.32 Å². The van der Waals surface area contributed by atoms with Gasteiger partial charge in [-0.3, -0.25) is 14.9 Å². The Morgan fingerprint density at radius 2 is 2.05 bits per heavy atom. The Bertz CT molecular complexity index is 725. The fraction of sp³-hybridized carbons (Fsp3) is 0. The molecular weight excluding hydrogens is 274 g/mol. The van der Waals surface area contributed by atoms with Crippen LogP contribution in [0.4, 0.5) is 11.4 Å². The Hall–Kier alpha value is -3.40. The van der Waals surface area contributed by atoms with E-state index >= 15 is 0 Å². The molecule has 0 atom stereocenters. The summed E-state index contributed by atoms with van der Waals surface area (Å²) in [5.74, 6) is -0.242. The molecule has 0 saturated carbocycles. The monoisotopic (exact) mass is 283 g/mol. The zero-order valence-corrected chi connectivity index (χ0v) is 10.6. The van der Waals surface area contributed by atoms with Gasteiger partial charge in [-0.25, -0.2) is 0 Å². The van der Waals surface area contributed by atoms with E-state index < -0.39 is 10.8 Å². The van der Waals surface area contributed by atoms with Gasteiger partial charge in [-0.05, 0) is 24.3 Å². The molecule has 0 unspecified atom stereocenters. The maximum atomic E-state index is 11.9. The average molecular weight is 283 g/mol. The summed E-state index contributed by atoms with van der Waals surface area (Å²) in [5.41, 5.74) is 0.133. The fourth-order valence-corrected chi connectivity index (χ4v) is 1.53. The Morgan fingerprint density at radius 1 is 1.33 bits per heavy atom. The summed E-state index contributed by atoms with van der Waals surface area (Å²) >= 11 is 0. The van der Waals surface area contributed by atoms with Crippen LogP contribution in [-0.4, -0.2) is 10.8 Å². The lowest BCUT2D eigenvalue weighted by molar-refractivity contribution is -0.384. The number of carbonyl (C=O) groups is 1. The van der Waals surface area contributed by atoms with E-state index in [1.54, 1.807) is 18.2 Å². The Labute approximate surface area is 119 Å². The van der Waals surface area contributed by atoms with Crippen LogP contribution in [0.1, 0.15) is 5.76 Å². The van der Waals surface area contributed by atoms with E-state index in [1.807, 2.05) is 0 Å². The van der Waals surface area contributed by atoms with Gasteiger partial charge in [-0.15, -0.1) is 0 Å². The summed E-state index contributed by atoms with van der Waals surface area (Å²) in [6.45, 7) is 0. The summed E-state index contributed by atoms with van der Waals surface area (Å²) in [6.07, 6.45) is 2.73. The van der Waals surface area contributed by atoms with Crippen LogP contribution in [0.3, 0.4) is 0 Å². The van der Waals surface area contributed by atoms with Crippen molar-refractivity contribution >= 4 is 23.4 Å². The lowest BCUT2D eigenvalue weighted by Crippen LogP contribution is -2.13. The molecule has 2 rings (SSSR count). The van der Waals surface area contributed by atoms with Crippen LogP contribution in [-0.2, 0) is 4.79 Å². The summed E-state index contributed by atoms with van der Waals surface area (Å²) in [5, 5.41) is 22.0. The highest BCUT2D eigenvalue weighted by Gasteiger charge is 2.11. The third kappa shape index (κ3) is 3.54. The number of amides is 1. The van der Waals surface area contributed by atoms with Gasteiger partial charge in [0.1, 0.15) is 17.4 Å². The molecule has 1 aromatic heterocycles. The molecule has 1 amide bonds. The number of benzene rings is 1. The second kappa shape index (κ2) is 6.16. The largest absolute Gasteiger partial charge is 0.465 e. The molecule has 0 saturated heterocycles. The van der Waals surface area contributed by atoms with Crippen LogP contribution in [0, 0.1) is 21.4 Å². The molecule has 104 valence electrons. The summed E-state index contributed by atoms with van der Waals surface area (Å²) in [4.78, 5) is 21.9. The first-order valence-electron chi connectivity index (χ1n) is 5.81. The van der Waals surface area contributed by atoms with E-state index in [4.69, 9.17) is 9.68 Å². The molecule has 0 aliphatic rings. The number of anilines is 1. The highest BCUT2D eigenvalue weighted by Crippen LogP contribution is 2.16. The predicted molar refractivity (Wildman–Crippen MR) is 74.0 cm³/mol. The quantitative estimate of drug-likeness (QED) is 0.401. The lowest BCUT2D eigenvalue weighted by atomic mass is 10.2. The first kappa shape index (κ1) is 14.0. The minimum Gasteiger partial charge on any atom is -0.465 e. The number of non-ortho nitro benzene ring substituents is 1. The SMILES string of the molecule is N#C/C(=C\c1ccco1)C(=O)Nc1ccc([N+](=O)[O-])cc1. The molecule has 0 spiro atoms. The van der Waals surface area contributed by atoms with E-state index in [1.165, 1.54) is 36.6 Å². The zero-order valence-electron chi connectivity index (χ0n) is 10.6. The van der Waals surface area contributed by atoms with Gasteiger partial charge in [0.15, 0.2) is 0 Å². The van der Waals surface area contributed by atoms with Gasteiger partial charge >= 0.3 is 0 Å². The molecule has 7 nitrogen and oxygen atoms in total. The van der Waals surface area contributed by atoms with Crippen molar-refractivity contribution in [2.45, 2.75) is 0 Å². The number of hydrogen-bond acceptors (Lipinski definition) is 5. The van der Waals surface area contributed by atoms with Crippen LogP contribution in [0.25, 0.3) is 6.08 Å². The van der Waals surface area contributed by atoms with E-state index in [0.717, 1.165) is 0 Å². The third-order valence-electron chi connectivity index (χ3n) is 2.53.